The number of halogens is 1. The second-order valence-corrected chi connectivity index (χ2v) is 6.51. The van der Waals surface area contributed by atoms with Crippen molar-refractivity contribution in [3.8, 4) is 0 Å². The minimum Gasteiger partial charge on any atom is -0.369 e. The van der Waals surface area contributed by atoms with E-state index in [2.05, 4.69) is 21.9 Å². The highest BCUT2D eigenvalue weighted by Gasteiger charge is 2.27. The smallest absolute Gasteiger partial charge is 0.0426 e. The Morgan fingerprint density at radius 3 is 2.35 bits per heavy atom. The molecule has 1 aromatic rings. The summed E-state index contributed by atoms with van der Waals surface area (Å²) in [5, 5.41) is 0.825. The van der Waals surface area contributed by atoms with E-state index in [1.807, 2.05) is 12.1 Å². The summed E-state index contributed by atoms with van der Waals surface area (Å²) in [5.74, 6) is 0. The van der Waals surface area contributed by atoms with E-state index < -0.39 is 0 Å². The van der Waals surface area contributed by atoms with Crippen LogP contribution in [0, 0.1) is 0 Å². The quantitative estimate of drug-likeness (QED) is 0.910. The summed E-state index contributed by atoms with van der Waals surface area (Å²) in [6.45, 7) is 4.52. The lowest BCUT2D eigenvalue weighted by atomic mass is 9.90. The van der Waals surface area contributed by atoms with Gasteiger partial charge in [0.15, 0.2) is 0 Å². The van der Waals surface area contributed by atoms with Crippen molar-refractivity contribution in [3.05, 3.63) is 29.3 Å². The molecule has 1 aliphatic carbocycles. The number of piperazine rings is 1. The van der Waals surface area contributed by atoms with E-state index in [-0.39, 0.29) is 0 Å². The fourth-order valence-corrected chi connectivity index (χ4v) is 3.67. The maximum atomic E-state index is 6.08. The van der Waals surface area contributed by atoms with Crippen LogP contribution in [0.15, 0.2) is 24.3 Å². The highest BCUT2D eigenvalue weighted by Crippen LogP contribution is 2.25. The molecule has 3 rings (SSSR count). The first-order valence-corrected chi connectivity index (χ1v) is 8.10. The molecule has 0 aromatic heterocycles. The third kappa shape index (κ3) is 3.27. The molecule has 110 valence electrons. The number of nitrogens with zero attached hydrogens (tertiary/aromatic N) is 2. The molecule has 1 saturated carbocycles. The van der Waals surface area contributed by atoms with E-state index in [1.165, 1.54) is 31.4 Å². The molecule has 20 heavy (non-hydrogen) atoms. The Balaban J connectivity index is 1.54. The zero-order valence-electron chi connectivity index (χ0n) is 12.0. The highest BCUT2D eigenvalue weighted by molar-refractivity contribution is 6.30. The van der Waals surface area contributed by atoms with Crippen molar-refractivity contribution in [3.63, 3.8) is 0 Å². The normalized spacial score (nSPS) is 28.6. The molecular weight excluding hydrogens is 270 g/mol. The number of benzene rings is 1. The van der Waals surface area contributed by atoms with Crippen molar-refractivity contribution in [2.45, 2.75) is 37.8 Å². The van der Waals surface area contributed by atoms with Gasteiger partial charge in [0.05, 0.1) is 0 Å². The van der Waals surface area contributed by atoms with Crippen molar-refractivity contribution >= 4 is 17.3 Å². The van der Waals surface area contributed by atoms with E-state index in [4.69, 9.17) is 17.3 Å². The molecule has 0 atom stereocenters. The maximum Gasteiger partial charge on any atom is 0.0426 e. The third-order valence-electron chi connectivity index (χ3n) is 4.75. The van der Waals surface area contributed by atoms with E-state index in [1.54, 1.807) is 0 Å². The zero-order chi connectivity index (χ0) is 13.9. The van der Waals surface area contributed by atoms with Gasteiger partial charge in [0.25, 0.3) is 0 Å². The summed E-state index contributed by atoms with van der Waals surface area (Å²) in [7, 11) is 0. The molecule has 1 aromatic carbocycles. The second-order valence-electron chi connectivity index (χ2n) is 6.07. The summed E-state index contributed by atoms with van der Waals surface area (Å²) in [5.41, 5.74) is 7.25. The average Bonchev–Trinajstić information content (AvgIpc) is 2.48. The van der Waals surface area contributed by atoms with Crippen LogP contribution >= 0.6 is 11.6 Å². The van der Waals surface area contributed by atoms with Gasteiger partial charge < -0.3 is 10.6 Å². The van der Waals surface area contributed by atoms with Crippen LogP contribution in [-0.2, 0) is 0 Å². The van der Waals surface area contributed by atoms with Crippen LogP contribution in [0.1, 0.15) is 25.7 Å². The van der Waals surface area contributed by atoms with E-state index in [9.17, 15) is 0 Å². The molecule has 3 nitrogen and oxygen atoms in total. The van der Waals surface area contributed by atoms with Gasteiger partial charge in [0.2, 0.25) is 0 Å². The van der Waals surface area contributed by atoms with Gasteiger partial charge in [-0.25, -0.2) is 0 Å². The molecule has 1 heterocycles. The van der Waals surface area contributed by atoms with E-state index in [0.29, 0.717) is 6.04 Å². The topological polar surface area (TPSA) is 32.5 Å². The zero-order valence-corrected chi connectivity index (χ0v) is 12.7. The van der Waals surface area contributed by atoms with Gasteiger partial charge in [-0.15, -0.1) is 0 Å². The minimum absolute atomic E-state index is 0.444. The van der Waals surface area contributed by atoms with Gasteiger partial charge in [0, 0.05) is 49.0 Å². The largest absolute Gasteiger partial charge is 0.369 e. The van der Waals surface area contributed by atoms with Crippen LogP contribution in [0.25, 0.3) is 0 Å². The van der Waals surface area contributed by atoms with Crippen LogP contribution < -0.4 is 10.6 Å². The summed E-state index contributed by atoms with van der Waals surface area (Å²) in [6.07, 6.45) is 4.94. The molecule has 2 aliphatic rings. The van der Waals surface area contributed by atoms with Crippen LogP contribution in [-0.4, -0.2) is 43.2 Å². The van der Waals surface area contributed by atoms with Crippen molar-refractivity contribution in [2.24, 2.45) is 5.73 Å². The van der Waals surface area contributed by atoms with E-state index >= 15 is 0 Å². The molecular formula is C16H24ClN3. The van der Waals surface area contributed by atoms with Crippen molar-refractivity contribution in [1.29, 1.82) is 0 Å². The van der Waals surface area contributed by atoms with Crippen molar-refractivity contribution in [1.82, 2.24) is 4.90 Å². The predicted octanol–water partition coefficient (Wildman–Crippen LogP) is 2.73. The Morgan fingerprint density at radius 1 is 1.00 bits per heavy atom. The van der Waals surface area contributed by atoms with Gasteiger partial charge in [-0.05, 0) is 43.9 Å². The van der Waals surface area contributed by atoms with Gasteiger partial charge in [-0.2, -0.15) is 0 Å². The number of hydrogen-bond donors (Lipinski definition) is 1. The Kier molecular flexibility index (Phi) is 4.49. The molecule has 2 fully saturated rings. The van der Waals surface area contributed by atoms with Gasteiger partial charge in [-0.1, -0.05) is 17.7 Å². The summed E-state index contributed by atoms with van der Waals surface area (Å²) in [6, 6.07) is 9.40. The standard InChI is InChI=1S/C16H24ClN3/c17-13-2-1-3-16(12-13)20-10-8-19(9-11-20)15-6-4-14(18)5-7-15/h1-3,12,14-15H,4-11,18H2/t14-,15-. The predicted molar refractivity (Wildman–Crippen MR) is 85.5 cm³/mol. The first-order chi connectivity index (χ1) is 9.72. The molecule has 1 saturated heterocycles. The molecule has 2 N–H and O–H groups in total. The van der Waals surface area contributed by atoms with Crippen molar-refractivity contribution < 1.29 is 0 Å². The lowest BCUT2D eigenvalue weighted by molar-refractivity contribution is 0.142. The van der Waals surface area contributed by atoms with Crippen molar-refractivity contribution in [2.75, 3.05) is 31.1 Å². The summed E-state index contributed by atoms with van der Waals surface area (Å²) >= 11 is 6.08. The first kappa shape index (κ1) is 14.2. The molecule has 1 aliphatic heterocycles. The molecule has 0 bridgehead atoms. The van der Waals surface area contributed by atoms with Crippen LogP contribution in [0.5, 0.6) is 0 Å². The number of nitrogens with two attached hydrogens (primary N) is 1. The molecule has 0 spiro atoms. The summed E-state index contributed by atoms with van der Waals surface area (Å²) < 4.78 is 0. The fourth-order valence-electron chi connectivity index (χ4n) is 3.48. The average molecular weight is 294 g/mol. The third-order valence-corrected chi connectivity index (χ3v) is 4.98. The fraction of sp³-hybridized carbons (Fsp3) is 0.625. The molecule has 4 heteroatoms. The monoisotopic (exact) mass is 293 g/mol. The van der Waals surface area contributed by atoms with Crippen LogP contribution in [0.2, 0.25) is 5.02 Å². The SMILES string of the molecule is N[C@H]1CC[C@H](N2CCN(c3cccc(Cl)c3)CC2)CC1. The van der Waals surface area contributed by atoms with E-state index in [0.717, 1.165) is 37.2 Å². The van der Waals surface area contributed by atoms with Gasteiger partial charge >= 0.3 is 0 Å². The van der Waals surface area contributed by atoms with Crippen LogP contribution in [0.4, 0.5) is 5.69 Å². The number of hydrogen-bond acceptors (Lipinski definition) is 3. The van der Waals surface area contributed by atoms with Gasteiger partial charge in [0.1, 0.15) is 0 Å². The Labute approximate surface area is 126 Å². The Bertz CT molecular complexity index is 435. The number of anilines is 1. The van der Waals surface area contributed by atoms with Gasteiger partial charge in [-0.3, -0.25) is 4.90 Å². The molecule has 0 amide bonds. The first-order valence-electron chi connectivity index (χ1n) is 7.72. The number of rotatable bonds is 2. The lowest BCUT2D eigenvalue weighted by Gasteiger charge is -2.42. The Morgan fingerprint density at radius 2 is 1.70 bits per heavy atom. The highest BCUT2D eigenvalue weighted by atomic mass is 35.5. The molecule has 0 radical (unpaired) electrons. The second kappa shape index (κ2) is 6.33. The maximum absolute atomic E-state index is 6.08. The Hall–Kier alpha value is -0.770. The lowest BCUT2D eigenvalue weighted by Crippen LogP contribution is -2.51. The van der Waals surface area contributed by atoms with Crippen LogP contribution in [0.3, 0.4) is 0 Å². The summed E-state index contributed by atoms with van der Waals surface area (Å²) in [4.78, 5) is 5.10. The minimum atomic E-state index is 0.444. The molecule has 0 unspecified atom stereocenters.